The van der Waals surface area contributed by atoms with Crippen LogP contribution in [0.5, 0.6) is 5.75 Å². The smallest absolute Gasteiger partial charge is 0.324 e. The fraction of sp³-hybridized carbons (Fsp3) is 0.111. The number of amides is 2. The molecule has 3 aromatic rings. The van der Waals surface area contributed by atoms with E-state index in [9.17, 15) is 4.79 Å². The molecule has 0 fully saturated rings. The normalized spacial score (nSPS) is 10.1. The van der Waals surface area contributed by atoms with Crippen molar-refractivity contribution in [3.63, 3.8) is 0 Å². The average molecular weight is 335 g/mol. The van der Waals surface area contributed by atoms with Crippen LogP contribution in [0.25, 0.3) is 0 Å². The molecule has 7 heteroatoms. The van der Waals surface area contributed by atoms with E-state index in [4.69, 9.17) is 4.74 Å². The topological polar surface area (TPSA) is 89.0 Å². The van der Waals surface area contributed by atoms with E-state index in [-0.39, 0.29) is 0 Å². The number of ether oxygens (including phenoxy) is 1. The highest BCUT2D eigenvalue weighted by Gasteiger charge is 2.09. The maximum absolute atomic E-state index is 12.2. The number of rotatable bonds is 5. The SMILES string of the molecule is Cc1ccc(OCc2cccnc2)c(NC(=O)Nc2cnccn2)c1. The molecule has 2 aromatic heterocycles. The fourth-order valence-corrected chi connectivity index (χ4v) is 2.15. The Labute approximate surface area is 145 Å². The number of carbonyl (C=O) groups excluding carboxylic acids is 1. The number of nitrogens with one attached hydrogen (secondary N) is 2. The van der Waals surface area contributed by atoms with Gasteiger partial charge in [0.15, 0.2) is 5.82 Å². The molecule has 3 rings (SSSR count). The molecule has 126 valence electrons. The van der Waals surface area contributed by atoms with E-state index in [1.807, 2.05) is 37.3 Å². The fourth-order valence-electron chi connectivity index (χ4n) is 2.15. The van der Waals surface area contributed by atoms with Crippen LogP contribution in [-0.2, 0) is 6.61 Å². The number of aromatic nitrogens is 3. The van der Waals surface area contributed by atoms with Gasteiger partial charge in [0.1, 0.15) is 12.4 Å². The van der Waals surface area contributed by atoms with Crippen LogP contribution in [0.15, 0.2) is 61.3 Å². The van der Waals surface area contributed by atoms with Crippen LogP contribution in [0.1, 0.15) is 11.1 Å². The predicted molar refractivity (Wildman–Crippen MR) is 94.4 cm³/mol. The summed E-state index contributed by atoms with van der Waals surface area (Å²) < 4.78 is 5.82. The summed E-state index contributed by atoms with van der Waals surface area (Å²) in [6.45, 7) is 2.30. The molecule has 25 heavy (non-hydrogen) atoms. The molecule has 7 nitrogen and oxygen atoms in total. The minimum Gasteiger partial charge on any atom is -0.487 e. The van der Waals surface area contributed by atoms with Gasteiger partial charge in [-0.05, 0) is 30.7 Å². The summed E-state index contributed by atoms with van der Waals surface area (Å²) in [5.74, 6) is 0.939. The number of hydrogen-bond acceptors (Lipinski definition) is 5. The van der Waals surface area contributed by atoms with Crippen molar-refractivity contribution in [1.29, 1.82) is 0 Å². The Morgan fingerprint density at radius 1 is 1.08 bits per heavy atom. The zero-order valence-corrected chi connectivity index (χ0v) is 13.6. The summed E-state index contributed by atoms with van der Waals surface area (Å²) in [7, 11) is 0. The molecule has 0 saturated heterocycles. The third-order valence-electron chi connectivity index (χ3n) is 3.31. The Morgan fingerprint density at radius 3 is 2.72 bits per heavy atom. The quantitative estimate of drug-likeness (QED) is 0.746. The van der Waals surface area contributed by atoms with E-state index in [1.165, 1.54) is 18.6 Å². The van der Waals surface area contributed by atoms with Gasteiger partial charge in [-0.3, -0.25) is 15.3 Å². The van der Waals surface area contributed by atoms with Crippen molar-refractivity contribution in [2.24, 2.45) is 0 Å². The lowest BCUT2D eigenvalue weighted by molar-refractivity contribution is 0.261. The maximum Gasteiger partial charge on any atom is 0.324 e. The van der Waals surface area contributed by atoms with E-state index < -0.39 is 6.03 Å². The predicted octanol–water partition coefficient (Wildman–Crippen LogP) is 3.40. The monoisotopic (exact) mass is 335 g/mol. The Bertz CT molecular complexity index is 841. The molecule has 0 atom stereocenters. The van der Waals surface area contributed by atoms with Crippen LogP contribution in [0, 0.1) is 6.92 Å². The Balaban J connectivity index is 1.69. The highest BCUT2D eigenvalue weighted by atomic mass is 16.5. The van der Waals surface area contributed by atoms with Crippen LogP contribution in [0.3, 0.4) is 0 Å². The Hall–Kier alpha value is -3.48. The van der Waals surface area contributed by atoms with Crippen LogP contribution < -0.4 is 15.4 Å². The van der Waals surface area contributed by atoms with Crippen molar-refractivity contribution in [2.75, 3.05) is 10.6 Å². The van der Waals surface area contributed by atoms with Crippen LogP contribution in [0.2, 0.25) is 0 Å². The van der Waals surface area contributed by atoms with Gasteiger partial charge in [-0.2, -0.15) is 0 Å². The number of anilines is 2. The summed E-state index contributed by atoms with van der Waals surface area (Å²) in [5, 5.41) is 5.40. The standard InChI is InChI=1S/C18H17N5O2/c1-13-4-5-16(25-12-14-3-2-6-19-10-14)15(9-13)22-18(24)23-17-11-20-7-8-21-17/h2-11H,12H2,1H3,(H2,21,22,23,24). The van der Waals surface area contributed by atoms with Gasteiger partial charge in [-0.15, -0.1) is 0 Å². The highest BCUT2D eigenvalue weighted by Crippen LogP contribution is 2.26. The van der Waals surface area contributed by atoms with Gasteiger partial charge in [0.05, 0.1) is 11.9 Å². The van der Waals surface area contributed by atoms with E-state index >= 15 is 0 Å². The Kier molecular flexibility index (Phi) is 5.16. The molecular formula is C18H17N5O2. The largest absolute Gasteiger partial charge is 0.487 e. The summed E-state index contributed by atoms with van der Waals surface area (Å²) in [4.78, 5) is 24.1. The second-order valence-electron chi connectivity index (χ2n) is 5.32. The van der Waals surface area contributed by atoms with Crippen molar-refractivity contribution in [3.05, 3.63) is 72.4 Å². The minimum atomic E-state index is -0.419. The molecule has 2 amide bonds. The molecule has 2 heterocycles. The number of nitrogens with zero attached hydrogens (tertiary/aromatic N) is 3. The minimum absolute atomic E-state index is 0.358. The second-order valence-corrected chi connectivity index (χ2v) is 5.32. The lowest BCUT2D eigenvalue weighted by Crippen LogP contribution is -2.20. The third kappa shape index (κ3) is 4.74. The van der Waals surface area contributed by atoms with E-state index in [0.717, 1.165) is 11.1 Å². The van der Waals surface area contributed by atoms with Gasteiger partial charge in [0.25, 0.3) is 0 Å². The maximum atomic E-state index is 12.2. The van der Waals surface area contributed by atoms with Crippen LogP contribution in [-0.4, -0.2) is 21.0 Å². The Morgan fingerprint density at radius 2 is 1.96 bits per heavy atom. The molecule has 2 N–H and O–H groups in total. The highest BCUT2D eigenvalue weighted by molar-refractivity contribution is 6.00. The first kappa shape index (κ1) is 16.4. The molecule has 0 aliphatic rings. The first-order chi connectivity index (χ1) is 12.2. The molecule has 0 saturated carbocycles. The summed E-state index contributed by atoms with van der Waals surface area (Å²) in [5.41, 5.74) is 2.52. The number of aryl methyl sites for hydroxylation is 1. The molecule has 0 radical (unpaired) electrons. The molecule has 0 bridgehead atoms. The zero-order valence-electron chi connectivity index (χ0n) is 13.6. The van der Waals surface area contributed by atoms with Gasteiger partial charge < -0.3 is 10.1 Å². The number of benzene rings is 1. The first-order valence-corrected chi connectivity index (χ1v) is 7.67. The van der Waals surface area contributed by atoms with E-state index in [1.54, 1.807) is 12.4 Å². The van der Waals surface area contributed by atoms with Gasteiger partial charge in [0, 0.05) is 30.4 Å². The summed E-state index contributed by atoms with van der Waals surface area (Å²) in [6, 6.07) is 8.94. The number of carbonyl (C=O) groups is 1. The zero-order chi connectivity index (χ0) is 17.5. The molecule has 1 aromatic carbocycles. The third-order valence-corrected chi connectivity index (χ3v) is 3.31. The van der Waals surface area contributed by atoms with Crippen molar-refractivity contribution in [2.45, 2.75) is 13.5 Å². The van der Waals surface area contributed by atoms with E-state index in [2.05, 4.69) is 25.6 Å². The molecule has 0 aliphatic heterocycles. The number of pyridine rings is 1. The molecule has 0 unspecified atom stereocenters. The van der Waals surface area contributed by atoms with Crippen molar-refractivity contribution in [1.82, 2.24) is 15.0 Å². The summed E-state index contributed by atoms with van der Waals surface area (Å²) in [6.07, 6.45) is 7.95. The van der Waals surface area contributed by atoms with Crippen LogP contribution in [0.4, 0.5) is 16.3 Å². The van der Waals surface area contributed by atoms with Crippen molar-refractivity contribution in [3.8, 4) is 5.75 Å². The van der Waals surface area contributed by atoms with Crippen molar-refractivity contribution < 1.29 is 9.53 Å². The second kappa shape index (κ2) is 7.87. The molecule has 0 spiro atoms. The average Bonchev–Trinajstić information content (AvgIpc) is 2.63. The van der Waals surface area contributed by atoms with E-state index in [0.29, 0.717) is 23.9 Å². The first-order valence-electron chi connectivity index (χ1n) is 7.67. The van der Waals surface area contributed by atoms with Gasteiger partial charge >= 0.3 is 6.03 Å². The summed E-state index contributed by atoms with van der Waals surface area (Å²) >= 11 is 0. The molecular weight excluding hydrogens is 318 g/mol. The lowest BCUT2D eigenvalue weighted by atomic mass is 10.2. The van der Waals surface area contributed by atoms with Gasteiger partial charge in [-0.25, -0.2) is 9.78 Å². The van der Waals surface area contributed by atoms with Gasteiger partial charge in [-0.1, -0.05) is 12.1 Å². The van der Waals surface area contributed by atoms with Crippen LogP contribution >= 0.6 is 0 Å². The number of urea groups is 1. The number of hydrogen-bond donors (Lipinski definition) is 2. The lowest BCUT2D eigenvalue weighted by Gasteiger charge is -2.13. The molecule has 0 aliphatic carbocycles. The van der Waals surface area contributed by atoms with Crippen molar-refractivity contribution >= 4 is 17.5 Å². The van der Waals surface area contributed by atoms with Gasteiger partial charge in [0.2, 0.25) is 0 Å².